The second kappa shape index (κ2) is 4.66. The van der Waals surface area contributed by atoms with Gasteiger partial charge in [0, 0.05) is 0 Å². The van der Waals surface area contributed by atoms with E-state index < -0.39 is 6.10 Å². The predicted octanol–water partition coefficient (Wildman–Crippen LogP) is 3.60. The summed E-state index contributed by atoms with van der Waals surface area (Å²) >= 11 is 11.5. The topological polar surface area (TPSA) is 20.2 Å². The molecule has 0 radical (unpaired) electrons. The molecule has 1 aromatic carbocycles. The molecule has 13 heavy (non-hydrogen) atoms. The smallest absolute Gasteiger partial charge is 0.0824 e. The zero-order valence-corrected chi connectivity index (χ0v) is 8.52. The fraction of sp³-hybridized carbons (Fsp3) is 0.200. The summed E-state index contributed by atoms with van der Waals surface area (Å²) in [5, 5.41) is 10.5. The van der Waals surface area contributed by atoms with Gasteiger partial charge in [0.2, 0.25) is 0 Å². The first-order valence-electron chi connectivity index (χ1n) is 3.89. The molecule has 0 spiro atoms. The minimum atomic E-state index is -0.549. The number of halogens is 2. The molecule has 0 saturated heterocycles. The van der Waals surface area contributed by atoms with Gasteiger partial charge < -0.3 is 5.11 Å². The van der Waals surface area contributed by atoms with E-state index in [1.54, 1.807) is 24.3 Å². The third-order valence-corrected chi connectivity index (χ3v) is 2.46. The lowest BCUT2D eigenvalue weighted by atomic mass is 10.1. The third kappa shape index (κ3) is 2.73. The van der Waals surface area contributed by atoms with Crippen LogP contribution in [-0.2, 0) is 0 Å². The monoisotopic (exact) mass is 216 g/mol. The summed E-state index contributed by atoms with van der Waals surface area (Å²) in [6.07, 6.45) is 1.62. The number of benzene rings is 1. The van der Waals surface area contributed by atoms with Crippen molar-refractivity contribution < 1.29 is 5.11 Å². The fourth-order valence-electron chi connectivity index (χ4n) is 1.01. The molecule has 3 heteroatoms. The van der Waals surface area contributed by atoms with Crippen molar-refractivity contribution in [2.45, 2.75) is 12.5 Å². The van der Waals surface area contributed by atoms with Crippen LogP contribution in [0, 0.1) is 0 Å². The Bertz CT molecular complexity index is 310. The van der Waals surface area contributed by atoms with E-state index in [9.17, 15) is 5.11 Å². The highest BCUT2D eigenvalue weighted by Gasteiger charge is 2.07. The van der Waals surface area contributed by atoms with Gasteiger partial charge in [0.25, 0.3) is 0 Å². The van der Waals surface area contributed by atoms with Crippen LogP contribution in [0.5, 0.6) is 0 Å². The largest absolute Gasteiger partial charge is 0.388 e. The Morgan fingerprint density at radius 2 is 2.08 bits per heavy atom. The summed E-state index contributed by atoms with van der Waals surface area (Å²) in [4.78, 5) is 0. The maximum Gasteiger partial charge on any atom is 0.0824 e. The Balaban J connectivity index is 2.89. The molecule has 0 aromatic heterocycles. The predicted molar refractivity (Wildman–Crippen MR) is 56.2 cm³/mol. The number of aliphatic hydroxyl groups is 1. The Morgan fingerprint density at radius 3 is 2.62 bits per heavy atom. The maximum atomic E-state index is 9.56. The van der Waals surface area contributed by atoms with Crippen molar-refractivity contribution in [3.63, 3.8) is 0 Å². The zero-order valence-electron chi connectivity index (χ0n) is 7.00. The van der Waals surface area contributed by atoms with E-state index in [1.807, 2.05) is 0 Å². The third-order valence-electron chi connectivity index (χ3n) is 1.72. The molecule has 1 nitrogen and oxygen atoms in total. The number of aliphatic hydroxyl groups excluding tert-OH is 1. The quantitative estimate of drug-likeness (QED) is 0.767. The van der Waals surface area contributed by atoms with E-state index >= 15 is 0 Å². The Labute approximate surface area is 87.6 Å². The van der Waals surface area contributed by atoms with Crippen LogP contribution in [0.15, 0.2) is 30.9 Å². The Kier molecular flexibility index (Phi) is 3.79. The molecule has 0 amide bonds. The lowest BCUT2D eigenvalue weighted by Crippen LogP contribution is -1.94. The molecule has 1 rings (SSSR count). The van der Waals surface area contributed by atoms with Crippen molar-refractivity contribution in [2.24, 2.45) is 0 Å². The average molecular weight is 217 g/mol. The van der Waals surface area contributed by atoms with E-state index in [1.165, 1.54) is 0 Å². The van der Waals surface area contributed by atoms with Crippen LogP contribution in [0.25, 0.3) is 0 Å². The highest BCUT2D eigenvalue weighted by atomic mass is 35.5. The molecule has 70 valence electrons. The summed E-state index contributed by atoms with van der Waals surface area (Å²) in [5.41, 5.74) is 0.759. The molecular formula is C10H10Cl2O. The van der Waals surface area contributed by atoms with Crippen LogP contribution in [0.4, 0.5) is 0 Å². The van der Waals surface area contributed by atoms with E-state index in [4.69, 9.17) is 23.2 Å². The van der Waals surface area contributed by atoms with Crippen LogP contribution in [0.2, 0.25) is 10.0 Å². The number of hydrogen-bond donors (Lipinski definition) is 1. The van der Waals surface area contributed by atoms with E-state index in [0.29, 0.717) is 16.5 Å². The van der Waals surface area contributed by atoms with Gasteiger partial charge in [-0.25, -0.2) is 0 Å². The van der Waals surface area contributed by atoms with Crippen LogP contribution >= 0.6 is 23.2 Å². The van der Waals surface area contributed by atoms with Gasteiger partial charge in [0.1, 0.15) is 0 Å². The molecule has 1 atom stereocenters. The molecule has 0 fully saturated rings. The van der Waals surface area contributed by atoms with E-state index in [0.717, 1.165) is 5.56 Å². The van der Waals surface area contributed by atoms with Crippen LogP contribution in [0.1, 0.15) is 18.1 Å². The SMILES string of the molecule is C=CC[C@@H](O)c1ccc(Cl)c(Cl)c1. The minimum absolute atomic E-state index is 0.460. The molecule has 0 unspecified atom stereocenters. The van der Waals surface area contributed by atoms with Crippen molar-refractivity contribution in [2.75, 3.05) is 0 Å². The second-order valence-corrected chi connectivity index (χ2v) is 3.53. The summed E-state index contributed by atoms with van der Waals surface area (Å²) in [6, 6.07) is 5.09. The van der Waals surface area contributed by atoms with Gasteiger partial charge >= 0.3 is 0 Å². The summed E-state index contributed by atoms with van der Waals surface area (Å²) < 4.78 is 0. The lowest BCUT2D eigenvalue weighted by Gasteiger charge is -2.08. The van der Waals surface area contributed by atoms with Gasteiger partial charge in [-0.2, -0.15) is 0 Å². The Hall–Kier alpha value is -0.500. The Morgan fingerprint density at radius 1 is 1.38 bits per heavy atom. The van der Waals surface area contributed by atoms with Crippen molar-refractivity contribution in [1.82, 2.24) is 0 Å². The fourth-order valence-corrected chi connectivity index (χ4v) is 1.32. The van der Waals surface area contributed by atoms with E-state index in [2.05, 4.69) is 6.58 Å². The maximum absolute atomic E-state index is 9.56. The van der Waals surface area contributed by atoms with Crippen molar-refractivity contribution in [3.05, 3.63) is 46.5 Å². The first kappa shape index (κ1) is 10.6. The molecule has 0 aliphatic carbocycles. The molecule has 1 N–H and O–H groups in total. The zero-order chi connectivity index (χ0) is 9.84. The molecule has 0 aliphatic heterocycles. The lowest BCUT2D eigenvalue weighted by molar-refractivity contribution is 0.181. The molecule has 1 aromatic rings. The summed E-state index contributed by atoms with van der Waals surface area (Å²) in [5.74, 6) is 0. The van der Waals surface area contributed by atoms with Gasteiger partial charge in [0.05, 0.1) is 16.1 Å². The van der Waals surface area contributed by atoms with Crippen LogP contribution in [-0.4, -0.2) is 5.11 Å². The normalized spacial score (nSPS) is 12.5. The van der Waals surface area contributed by atoms with Gasteiger partial charge in [0.15, 0.2) is 0 Å². The molecule has 0 saturated carbocycles. The first-order chi connectivity index (χ1) is 6.15. The highest BCUT2D eigenvalue weighted by Crippen LogP contribution is 2.26. The molecular weight excluding hydrogens is 207 g/mol. The standard InChI is InChI=1S/C10H10Cl2O/c1-2-3-10(13)7-4-5-8(11)9(12)6-7/h2,4-6,10,13H,1,3H2/t10-/m1/s1. The van der Waals surface area contributed by atoms with E-state index in [-0.39, 0.29) is 0 Å². The molecule has 0 aliphatic rings. The van der Waals surface area contributed by atoms with Gasteiger partial charge in [-0.15, -0.1) is 6.58 Å². The first-order valence-corrected chi connectivity index (χ1v) is 4.64. The van der Waals surface area contributed by atoms with Gasteiger partial charge in [-0.05, 0) is 24.1 Å². The summed E-state index contributed by atoms with van der Waals surface area (Å²) in [6.45, 7) is 3.55. The van der Waals surface area contributed by atoms with Crippen molar-refractivity contribution in [1.29, 1.82) is 0 Å². The van der Waals surface area contributed by atoms with Gasteiger partial charge in [-0.3, -0.25) is 0 Å². The molecule has 0 bridgehead atoms. The summed E-state index contributed by atoms with van der Waals surface area (Å²) in [7, 11) is 0. The van der Waals surface area contributed by atoms with Crippen LogP contribution < -0.4 is 0 Å². The van der Waals surface area contributed by atoms with Crippen molar-refractivity contribution >= 4 is 23.2 Å². The second-order valence-electron chi connectivity index (χ2n) is 2.71. The average Bonchev–Trinajstić information content (AvgIpc) is 2.10. The number of hydrogen-bond acceptors (Lipinski definition) is 1. The minimum Gasteiger partial charge on any atom is -0.388 e. The van der Waals surface area contributed by atoms with Gasteiger partial charge in [-0.1, -0.05) is 35.3 Å². The number of rotatable bonds is 3. The van der Waals surface area contributed by atoms with Crippen LogP contribution in [0.3, 0.4) is 0 Å². The molecule has 0 heterocycles. The highest BCUT2D eigenvalue weighted by molar-refractivity contribution is 6.42. The van der Waals surface area contributed by atoms with Crippen molar-refractivity contribution in [3.8, 4) is 0 Å².